The van der Waals surface area contributed by atoms with Gasteiger partial charge in [-0.15, -0.1) is 0 Å². The van der Waals surface area contributed by atoms with Crippen LogP contribution in [0.1, 0.15) is 5.56 Å². The van der Waals surface area contributed by atoms with Gasteiger partial charge >= 0.3 is 0 Å². The average molecular weight is 520 g/mol. The van der Waals surface area contributed by atoms with Crippen molar-refractivity contribution in [1.82, 2.24) is 34.3 Å². The summed E-state index contributed by atoms with van der Waals surface area (Å²) in [6.45, 7) is 1.54. The molecule has 0 radical (unpaired) electrons. The molecule has 1 fully saturated rings. The van der Waals surface area contributed by atoms with Crippen LogP contribution in [-0.4, -0.2) is 58.6 Å². The Hall–Kier alpha value is -5.03. The zero-order valence-electron chi connectivity index (χ0n) is 21.1. The van der Waals surface area contributed by atoms with Crippen LogP contribution in [0.25, 0.3) is 38.9 Å². The summed E-state index contributed by atoms with van der Waals surface area (Å²) in [5.74, 6) is 1.96. The van der Waals surface area contributed by atoms with E-state index < -0.39 is 0 Å². The van der Waals surface area contributed by atoms with Gasteiger partial charge in [0.1, 0.15) is 30.3 Å². The molecule has 11 nitrogen and oxygen atoms in total. The molecule has 5 aromatic heterocycles. The van der Waals surface area contributed by atoms with Gasteiger partial charge in [0.25, 0.3) is 0 Å². The Balaban J connectivity index is 1.17. The molecule has 0 unspecified atom stereocenters. The number of aryl methyl sites for hydroxylation is 1. The van der Waals surface area contributed by atoms with Gasteiger partial charge in [-0.25, -0.2) is 15.0 Å². The molecule has 1 aromatic carbocycles. The second-order valence-electron chi connectivity index (χ2n) is 9.67. The van der Waals surface area contributed by atoms with Crippen LogP contribution < -0.4 is 15.4 Å². The third-order valence-electron chi connectivity index (χ3n) is 6.90. The lowest BCUT2D eigenvalue weighted by molar-refractivity contribution is 0.141. The summed E-state index contributed by atoms with van der Waals surface area (Å²) in [6, 6.07) is 13.8. The molecule has 1 saturated heterocycles. The highest BCUT2D eigenvalue weighted by Gasteiger charge is 2.25. The highest BCUT2D eigenvalue weighted by Crippen LogP contribution is 2.33. The Morgan fingerprint density at radius 3 is 2.77 bits per heavy atom. The van der Waals surface area contributed by atoms with Crippen LogP contribution in [0.4, 0.5) is 11.6 Å². The van der Waals surface area contributed by atoms with E-state index in [1.165, 1.54) is 6.33 Å². The molecule has 0 spiro atoms. The number of ether oxygens (including phenoxy) is 1. The Labute approximate surface area is 223 Å². The minimum Gasteiger partial charge on any atom is -0.489 e. The summed E-state index contributed by atoms with van der Waals surface area (Å²) in [4.78, 5) is 20.0. The molecule has 0 saturated carbocycles. The van der Waals surface area contributed by atoms with E-state index in [1.54, 1.807) is 17.1 Å². The lowest BCUT2D eigenvalue weighted by Gasteiger charge is -2.36. The number of fused-ring (bicyclic) bond motifs is 2. The number of nitrogen functional groups attached to an aromatic ring is 1. The van der Waals surface area contributed by atoms with Crippen LogP contribution in [0, 0.1) is 0 Å². The second-order valence-corrected chi connectivity index (χ2v) is 9.67. The molecule has 0 aliphatic carbocycles. The number of rotatable bonds is 6. The van der Waals surface area contributed by atoms with E-state index in [0.29, 0.717) is 36.9 Å². The van der Waals surface area contributed by atoms with E-state index in [9.17, 15) is 5.11 Å². The number of pyridine rings is 2. The number of nitrogens with zero attached hydrogens (tertiary/aromatic N) is 8. The van der Waals surface area contributed by atoms with E-state index in [0.717, 1.165) is 44.6 Å². The first kappa shape index (κ1) is 23.1. The zero-order valence-corrected chi connectivity index (χ0v) is 21.1. The number of aliphatic hydroxyl groups excluding tert-OH is 1. The normalized spacial score (nSPS) is 13.7. The predicted octanol–water partition coefficient (Wildman–Crippen LogP) is 3.11. The number of hydrogen-bond donors (Lipinski definition) is 2. The van der Waals surface area contributed by atoms with Crippen LogP contribution in [0.2, 0.25) is 0 Å². The molecule has 1 aliphatic rings. The quantitative estimate of drug-likeness (QED) is 0.340. The van der Waals surface area contributed by atoms with Gasteiger partial charge < -0.3 is 20.5 Å². The van der Waals surface area contributed by atoms with Crippen molar-refractivity contribution < 1.29 is 9.84 Å². The van der Waals surface area contributed by atoms with Crippen LogP contribution in [0.3, 0.4) is 0 Å². The van der Waals surface area contributed by atoms with Crippen molar-refractivity contribution in [3.8, 4) is 22.7 Å². The molecule has 194 valence electrons. The van der Waals surface area contributed by atoms with Crippen molar-refractivity contribution in [1.29, 1.82) is 0 Å². The monoisotopic (exact) mass is 519 g/mol. The van der Waals surface area contributed by atoms with Crippen molar-refractivity contribution >= 4 is 33.6 Å². The molecule has 0 atom stereocenters. The minimum absolute atomic E-state index is 0.280. The Morgan fingerprint density at radius 2 is 1.95 bits per heavy atom. The van der Waals surface area contributed by atoms with Gasteiger partial charge in [-0.2, -0.15) is 5.10 Å². The second kappa shape index (κ2) is 9.07. The number of aliphatic hydroxyl groups is 1. The SMILES string of the molecule is Cn1ccc(-c2cn(-c3cncc(COc4ccc5ccc(N6CC(O)C6)nc5c4)c3)c3ncnc(N)c23)n1. The van der Waals surface area contributed by atoms with Crippen molar-refractivity contribution in [2.24, 2.45) is 7.05 Å². The topological polar surface area (TPSA) is 133 Å². The molecule has 1 aliphatic heterocycles. The van der Waals surface area contributed by atoms with Gasteiger partial charge in [0.15, 0.2) is 5.65 Å². The summed E-state index contributed by atoms with van der Waals surface area (Å²) < 4.78 is 9.82. The highest BCUT2D eigenvalue weighted by molar-refractivity contribution is 6.00. The van der Waals surface area contributed by atoms with Crippen molar-refractivity contribution in [3.63, 3.8) is 0 Å². The molecule has 0 bridgehead atoms. The average Bonchev–Trinajstić information content (AvgIpc) is 3.54. The first-order valence-corrected chi connectivity index (χ1v) is 12.5. The summed E-state index contributed by atoms with van der Waals surface area (Å²) in [6.07, 6.45) is 8.58. The van der Waals surface area contributed by atoms with Crippen LogP contribution in [0.15, 0.2) is 73.6 Å². The van der Waals surface area contributed by atoms with Crippen LogP contribution in [0.5, 0.6) is 5.75 Å². The fourth-order valence-electron chi connectivity index (χ4n) is 4.88. The van der Waals surface area contributed by atoms with E-state index in [4.69, 9.17) is 15.5 Å². The maximum atomic E-state index is 9.61. The Morgan fingerprint density at radius 1 is 1.08 bits per heavy atom. The molecule has 6 aromatic rings. The summed E-state index contributed by atoms with van der Waals surface area (Å²) in [5.41, 5.74) is 11.1. The van der Waals surface area contributed by atoms with E-state index >= 15 is 0 Å². The van der Waals surface area contributed by atoms with Gasteiger partial charge in [-0.1, -0.05) is 0 Å². The van der Waals surface area contributed by atoms with Crippen molar-refractivity contribution in [3.05, 3.63) is 79.1 Å². The lowest BCUT2D eigenvalue weighted by Crippen LogP contribution is -2.51. The van der Waals surface area contributed by atoms with Crippen molar-refractivity contribution in [2.75, 3.05) is 23.7 Å². The van der Waals surface area contributed by atoms with Gasteiger partial charge in [0.2, 0.25) is 0 Å². The van der Waals surface area contributed by atoms with Crippen LogP contribution >= 0.6 is 0 Å². The third kappa shape index (κ3) is 4.18. The molecule has 0 amide bonds. The number of anilines is 2. The standard InChI is InChI=1S/C28H25N9O2/c1-35-7-6-23(34-35)22-14-37(28-26(22)27(29)31-16-32-28)19-8-17(10-30-11-19)15-39-21-4-2-18-3-5-25(33-24(18)9-21)36-12-20(38)13-36/h2-11,14,16,20,38H,12-13,15H2,1H3,(H2,29,31,32). The van der Waals surface area contributed by atoms with Gasteiger partial charge in [-0.05, 0) is 36.4 Å². The van der Waals surface area contributed by atoms with Gasteiger partial charge in [0.05, 0.1) is 34.6 Å². The zero-order chi connectivity index (χ0) is 26.5. The Bertz CT molecular complexity index is 1840. The first-order chi connectivity index (χ1) is 19.0. The van der Waals surface area contributed by atoms with Crippen molar-refractivity contribution in [2.45, 2.75) is 12.7 Å². The number of β-amino-alcohol motifs (C(OH)–C–C–N with tert-alkyl or cyclic N) is 1. The predicted molar refractivity (Wildman–Crippen MR) is 148 cm³/mol. The summed E-state index contributed by atoms with van der Waals surface area (Å²) in [7, 11) is 1.87. The first-order valence-electron chi connectivity index (χ1n) is 12.5. The largest absolute Gasteiger partial charge is 0.489 e. The summed E-state index contributed by atoms with van der Waals surface area (Å²) >= 11 is 0. The van der Waals surface area contributed by atoms with E-state index in [-0.39, 0.29) is 6.10 Å². The Kier molecular flexibility index (Phi) is 5.37. The van der Waals surface area contributed by atoms with Crippen LogP contribution in [-0.2, 0) is 13.7 Å². The fourth-order valence-corrected chi connectivity index (χ4v) is 4.88. The number of benzene rings is 1. The molecule has 6 heterocycles. The van der Waals surface area contributed by atoms with Gasteiger partial charge in [-0.3, -0.25) is 14.2 Å². The molecule has 7 rings (SSSR count). The molecular weight excluding hydrogens is 494 g/mol. The number of nitrogens with two attached hydrogens (primary N) is 1. The van der Waals surface area contributed by atoms with E-state index in [1.807, 2.05) is 66.5 Å². The maximum Gasteiger partial charge on any atom is 0.150 e. The smallest absolute Gasteiger partial charge is 0.150 e. The third-order valence-corrected chi connectivity index (χ3v) is 6.90. The van der Waals surface area contributed by atoms with Gasteiger partial charge in [0, 0.05) is 61.3 Å². The van der Waals surface area contributed by atoms with E-state index in [2.05, 4.69) is 25.0 Å². The maximum absolute atomic E-state index is 9.61. The molecule has 39 heavy (non-hydrogen) atoms. The minimum atomic E-state index is -0.280. The summed E-state index contributed by atoms with van der Waals surface area (Å²) in [5, 5.41) is 15.9. The number of hydrogen-bond acceptors (Lipinski definition) is 9. The lowest BCUT2D eigenvalue weighted by atomic mass is 10.1. The highest BCUT2D eigenvalue weighted by atomic mass is 16.5. The molecule has 11 heteroatoms. The molecule has 3 N–H and O–H groups in total. The fraction of sp³-hybridized carbons (Fsp3) is 0.179. The molecular formula is C28H25N9O2. The number of aromatic nitrogens is 7.